The van der Waals surface area contributed by atoms with Crippen LogP contribution in [-0.4, -0.2) is 16.6 Å². The van der Waals surface area contributed by atoms with E-state index in [9.17, 15) is 9.59 Å². The van der Waals surface area contributed by atoms with Gasteiger partial charge < -0.3 is 10.1 Å². The normalized spacial score (nSPS) is 12.1. The van der Waals surface area contributed by atoms with E-state index in [1.807, 2.05) is 26.0 Å². The molecule has 1 atom stereocenters. The van der Waals surface area contributed by atoms with Crippen LogP contribution in [0.1, 0.15) is 20.3 Å². The topological polar surface area (TPSA) is 60.3 Å². The van der Waals surface area contributed by atoms with E-state index < -0.39 is 6.10 Å². The number of aromatic nitrogens is 1. The van der Waals surface area contributed by atoms with Gasteiger partial charge in [-0.1, -0.05) is 42.0 Å². The quantitative estimate of drug-likeness (QED) is 0.672. The number of carbonyl (C=O) groups excluding carboxylic acids is 1. The fourth-order valence-electron chi connectivity index (χ4n) is 2.68. The molecule has 5 nitrogen and oxygen atoms in total. The molecule has 0 fully saturated rings. The molecule has 0 radical (unpaired) electrons. The van der Waals surface area contributed by atoms with Crippen molar-refractivity contribution in [1.82, 2.24) is 4.57 Å². The highest BCUT2D eigenvalue weighted by molar-refractivity contribution is 7.16. The third kappa shape index (κ3) is 3.76. The average molecular weight is 391 g/mol. The zero-order chi connectivity index (χ0) is 18.7. The van der Waals surface area contributed by atoms with Gasteiger partial charge in [0.2, 0.25) is 0 Å². The number of hydrogen-bond donors (Lipinski definition) is 1. The second-order valence-corrected chi connectivity index (χ2v) is 7.13. The molecule has 0 saturated carbocycles. The number of amides is 1. The van der Waals surface area contributed by atoms with Crippen LogP contribution in [0.25, 0.3) is 10.2 Å². The smallest absolute Gasteiger partial charge is 0.308 e. The van der Waals surface area contributed by atoms with Crippen molar-refractivity contribution in [3.63, 3.8) is 0 Å². The summed E-state index contributed by atoms with van der Waals surface area (Å²) >= 11 is 7.27. The third-order valence-electron chi connectivity index (χ3n) is 4.02. The van der Waals surface area contributed by atoms with Crippen molar-refractivity contribution in [1.29, 1.82) is 0 Å². The van der Waals surface area contributed by atoms with E-state index in [0.717, 1.165) is 10.2 Å². The number of nitrogens with one attached hydrogen (secondary N) is 1. The van der Waals surface area contributed by atoms with Gasteiger partial charge in [0.15, 0.2) is 6.10 Å². The largest absolute Gasteiger partial charge is 0.479 e. The number of thiazole rings is 1. The van der Waals surface area contributed by atoms with Crippen LogP contribution in [0.2, 0.25) is 5.02 Å². The van der Waals surface area contributed by atoms with Crippen LogP contribution >= 0.6 is 22.9 Å². The molecule has 2 aromatic carbocycles. The maximum Gasteiger partial charge on any atom is 0.308 e. The van der Waals surface area contributed by atoms with Gasteiger partial charge in [-0.05, 0) is 43.7 Å². The van der Waals surface area contributed by atoms with Crippen molar-refractivity contribution in [2.45, 2.75) is 32.9 Å². The Balaban J connectivity index is 1.78. The molecule has 0 bridgehead atoms. The van der Waals surface area contributed by atoms with Gasteiger partial charge in [0, 0.05) is 12.2 Å². The molecule has 1 aromatic heterocycles. The Morgan fingerprint density at radius 3 is 2.73 bits per heavy atom. The Bertz CT molecular complexity index is 996. The molecule has 0 spiro atoms. The molecule has 0 aliphatic carbocycles. The van der Waals surface area contributed by atoms with Crippen molar-refractivity contribution in [2.24, 2.45) is 0 Å². The first-order valence-electron chi connectivity index (χ1n) is 8.39. The van der Waals surface area contributed by atoms with Gasteiger partial charge in [-0.25, -0.2) is 0 Å². The lowest BCUT2D eigenvalue weighted by Gasteiger charge is -2.18. The van der Waals surface area contributed by atoms with Crippen LogP contribution < -0.4 is 14.9 Å². The Kier molecular flexibility index (Phi) is 5.64. The van der Waals surface area contributed by atoms with Gasteiger partial charge >= 0.3 is 4.87 Å². The molecule has 0 saturated heterocycles. The van der Waals surface area contributed by atoms with Crippen LogP contribution in [0.3, 0.4) is 0 Å². The SMILES string of the molecule is CCC(Oc1ccccc1Cl)C(=O)Nc1ccc2c(c1)sc(=O)n2CC. The Morgan fingerprint density at radius 2 is 2.04 bits per heavy atom. The summed E-state index contributed by atoms with van der Waals surface area (Å²) in [5, 5.41) is 3.32. The minimum absolute atomic E-state index is 0.000496. The van der Waals surface area contributed by atoms with E-state index in [1.54, 1.807) is 34.9 Å². The predicted octanol–water partition coefficient (Wildman–Crippen LogP) is 4.53. The van der Waals surface area contributed by atoms with Gasteiger partial charge in [0.25, 0.3) is 5.91 Å². The van der Waals surface area contributed by atoms with Gasteiger partial charge in [-0.2, -0.15) is 0 Å². The van der Waals surface area contributed by atoms with Gasteiger partial charge in [-0.15, -0.1) is 0 Å². The number of nitrogens with zero attached hydrogens (tertiary/aromatic N) is 1. The lowest BCUT2D eigenvalue weighted by atomic mass is 10.2. The second-order valence-electron chi connectivity index (χ2n) is 5.73. The zero-order valence-electron chi connectivity index (χ0n) is 14.5. The van der Waals surface area contributed by atoms with E-state index in [0.29, 0.717) is 29.4 Å². The zero-order valence-corrected chi connectivity index (χ0v) is 16.1. The number of aryl methyl sites for hydroxylation is 1. The number of ether oxygens (including phenoxy) is 1. The summed E-state index contributed by atoms with van der Waals surface area (Å²) in [5.41, 5.74) is 1.51. The average Bonchev–Trinajstić information content (AvgIpc) is 2.95. The number of para-hydroxylation sites is 1. The van der Waals surface area contributed by atoms with Crippen molar-refractivity contribution in [3.8, 4) is 5.75 Å². The van der Waals surface area contributed by atoms with Crippen molar-refractivity contribution >= 4 is 44.7 Å². The molecule has 136 valence electrons. The number of fused-ring (bicyclic) bond motifs is 1. The maximum atomic E-state index is 12.6. The summed E-state index contributed by atoms with van der Waals surface area (Å²) in [6.45, 7) is 4.42. The highest BCUT2D eigenvalue weighted by atomic mass is 35.5. The Hall–Kier alpha value is -2.31. The van der Waals surface area contributed by atoms with E-state index in [1.165, 1.54) is 11.3 Å². The minimum atomic E-state index is -0.662. The van der Waals surface area contributed by atoms with Crippen molar-refractivity contribution < 1.29 is 9.53 Å². The summed E-state index contributed by atoms with van der Waals surface area (Å²) < 4.78 is 8.31. The highest BCUT2D eigenvalue weighted by Crippen LogP contribution is 2.26. The first kappa shape index (κ1) is 18.5. The lowest BCUT2D eigenvalue weighted by molar-refractivity contribution is -0.122. The van der Waals surface area contributed by atoms with Crippen molar-refractivity contribution in [3.05, 3.63) is 57.2 Å². The summed E-state index contributed by atoms with van der Waals surface area (Å²) in [6, 6.07) is 12.5. The van der Waals surface area contributed by atoms with Crippen molar-refractivity contribution in [2.75, 3.05) is 5.32 Å². The molecular weight excluding hydrogens is 372 g/mol. The van der Waals surface area contributed by atoms with Gasteiger partial charge in [0.1, 0.15) is 5.75 Å². The molecule has 1 unspecified atom stereocenters. The Morgan fingerprint density at radius 1 is 1.27 bits per heavy atom. The predicted molar refractivity (Wildman–Crippen MR) is 107 cm³/mol. The number of carbonyl (C=O) groups is 1. The molecule has 7 heteroatoms. The van der Waals surface area contributed by atoms with Gasteiger partial charge in [-0.3, -0.25) is 14.2 Å². The van der Waals surface area contributed by atoms with Crippen LogP contribution in [-0.2, 0) is 11.3 Å². The molecule has 0 aliphatic heterocycles. The lowest BCUT2D eigenvalue weighted by Crippen LogP contribution is -2.32. The van der Waals surface area contributed by atoms with Gasteiger partial charge in [0.05, 0.1) is 15.2 Å². The molecule has 3 rings (SSSR count). The van der Waals surface area contributed by atoms with E-state index in [4.69, 9.17) is 16.3 Å². The fraction of sp³-hybridized carbons (Fsp3) is 0.263. The number of halogens is 1. The second kappa shape index (κ2) is 7.93. The Labute approximate surface area is 160 Å². The summed E-state index contributed by atoms with van der Waals surface area (Å²) in [7, 11) is 0. The number of hydrogen-bond acceptors (Lipinski definition) is 4. The highest BCUT2D eigenvalue weighted by Gasteiger charge is 2.20. The summed E-state index contributed by atoms with van der Waals surface area (Å²) in [6.07, 6.45) is -0.164. The molecule has 1 N–H and O–H groups in total. The number of anilines is 1. The van der Waals surface area contributed by atoms with E-state index >= 15 is 0 Å². The third-order valence-corrected chi connectivity index (χ3v) is 5.28. The molecule has 26 heavy (non-hydrogen) atoms. The number of benzene rings is 2. The van der Waals surface area contributed by atoms with Crippen LogP contribution in [0, 0.1) is 0 Å². The molecule has 3 aromatic rings. The summed E-state index contributed by atoms with van der Waals surface area (Å²) in [5.74, 6) is 0.221. The van der Waals surface area contributed by atoms with Crippen LogP contribution in [0.4, 0.5) is 5.69 Å². The van der Waals surface area contributed by atoms with Crippen LogP contribution in [0.5, 0.6) is 5.75 Å². The fourth-order valence-corrected chi connectivity index (χ4v) is 3.86. The molecule has 1 heterocycles. The standard InChI is InChI=1S/C19H19ClN2O3S/c1-3-15(25-16-8-6-5-7-13(16)20)18(23)21-12-9-10-14-17(11-12)26-19(24)22(14)4-2/h5-11,15H,3-4H2,1-2H3,(H,21,23). The molecule has 0 aliphatic rings. The first-order valence-corrected chi connectivity index (χ1v) is 9.58. The summed E-state index contributed by atoms with van der Waals surface area (Å²) in [4.78, 5) is 24.5. The first-order chi connectivity index (χ1) is 12.5. The maximum absolute atomic E-state index is 12.6. The van der Waals surface area contributed by atoms with E-state index in [2.05, 4.69) is 5.32 Å². The molecule has 1 amide bonds. The monoisotopic (exact) mass is 390 g/mol. The number of rotatable bonds is 6. The minimum Gasteiger partial charge on any atom is -0.479 e. The van der Waals surface area contributed by atoms with E-state index in [-0.39, 0.29) is 10.8 Å². The molecular formula is C19H19ClN2O3S. The van der Waals surface area contributed by atoms with Crippen LogP contribution in [0.15, 0.2) is 47.3 Å².